The van der Waals surface area contributed by atoms with Gasteiger partial charge < -0.3 is 9.64 Å². The Bertz CT molecular complexity index is 611. The summed E-state index contributed by atoms with van der Waals surface area (Å²) in [6.45, 7) is 4.73. The average Bonchev–Trinajstić information content (AvgIpc) is 2.56. The molecule has 2 aromatic heterocycles. The Hall–Kier alpha value is -2.01. The van der Waals surface area contributed by atoms with Crippen LogP contribution in [-0.2, 0) is 4.74 Å². The molecule has 0 spiro atoms. The number of aryl methyl sites for hydroxylation is 1. The predicted molar refractivity (Wildman–Crippen MR) is 86.8 cm³/mol. The highest BCUT2D eigenvalue weighted by atomic mass is 16.5. The number of anilines is 1. The quantitative estimate of drug-likeness (QED) is 0.868. The molecule has 1 saturated heterocycles. The number of nitrogens with zero attached hydrogens (tertiary/aromatic N) is 4. The van der Waals surface area contributed by atoms with Gasteiger partial charge in [0, 0.05) is 49.9 Å². The molecule has 2 aromatic rings. The van der Waals surface area contributed by atoms with Gasteiger partial charge in [-0.1, -0.05) is 0 Å². The molecule has 5 heteroatoms. The zero-order chi connectivity index (χ0) is 15.4. The van der Waals surface area contributed by atoms with Crippen LogP contribution in [0, 0.1) is 12.8 Å². The lowest BCUT2D eigenvalue weighted by Gasteiger charge is -2.28. The Morgan fingerprint density at radius 2 is 2.09 bits per heavy atom. The van der Waals surface area contributed by atoms with Crippen molar-refractivity contribution in [2.75, 3.05) is 31.7 Å². The third kappa shape index (κ3) is 3.60. The predicted octanol–water partition coefficient (Wildman–Crippen LogP) is 2.71. The van der Waals surface area contributed by atoms with E-state index in [4.69, 9.17) is 9.72 Å². The SMILES string of the molecule is Cc1cc(N(C)C[C@@H]2CCCOC2)nc(-c2ccncc2)n1. The second-order valence-corrected chi connectivity index (χ2v) is 5.89. The van der Waals surface area contributed by atoms with Crippen LogP contribution in [0.2, 0.25) is 0 Å². The van der Waals surface area contributed by atoms with Crippen molar-refractivity contribution in [2.24, 2.45) is 5.92 Å². The van der Waals surface area contributed by atoms with E-state index in [0.29, 0.717) is 5.92 Å². The molecule has 1 aliphatic heterocycles. The van der Waals surface area contributed by atoms with E-state index in [1.807, 2.05) is 25.1 Å². The fourth-order valence-corrected chi connectivity index (χ4v) is 2.81. The third-order valence-electron chi connectivity index (χ3n) is 3.96. The van der Waals surface area contributed by atoms with Crippen molar-refractivity contribution in [1.82, 2.24) is 15.0 Å². The van der Waals surface area contributed by atoms with E-state index in [0.717, 1.165) is 49.1 Å². The minimum atomic E-state index is 0.582. The van der Waals surface area contributed by atoms with Crippen LogP contribution in [0.15, 0.2) is 30.6 Å². The molecule has 0 radical (unpaired) electrons. The highest BCUT2D eigenvalue weighted by Gasteiger charge is 2.17. The fraction of sp³-hybridized carbons (Fsp3) is 0.471. The van der Waals surface area contributed by atoms with Crippen LogP contribution in [0.3, 0.4) is 0 Å². The smallest absolute Gasteiger partial charge is 0.161 e. The highest BCUT2D eigenvalue weighted by Crippen LogP contribution is 2.21. The molecular weight excluding hydrogens is 276 g/mol. The zero-order valence-corrected chi connectivity index (χ0v) is 13.2. The first-order valence-corrected chi connectivity index (χ1v) is 7.77. The molecule has 116 valence electrons. The summed E-state index contributed by atoms with van der Waals surface area (Å²) >= 11 is 0. The van der Waals surface area contributed by atoms with Crippen molar-refractivity contribution in [3.05, 3.63) is 36.3 Å². The van der Waals surface area contributed by atoms with Gasteiger partial charge in [-0.25, -0.2) is 9.97 Å². The Kier molecular flexibility index (Phi) is 4.63. The van der Waals surface area contributed by atoms with Crippen LogP contribution in [0.1, 0.15) is 18.5 Å². The molecular formula is C17H22N4O. The third-order valence-corrected chi connectivity index (χ3v) is 3.96. The molecule has 0 bridgehead atoms. The molecule has 0 aliphatic carbocycles. The molecule has 1 fully saturated rings. The Morgan fingerprint density at radius 3 is 2.82 bits per heavy atom. The molecule has 1 atom stereocenters. The van der Waals surface area contributed by atoms with Crippen LogP contribution in [0.4, 0.5) is 5.82 Å². The summed E-state index contributed by atoms with van der Waals surface area (Å²) in [5.74, 6) is 2.30. The van der Waals surface area contributed by atoms with E-state index >= 15 is 0 Å². The van der Waals surface area contributed by atoms with Crippen molar-refractivity contribution in [3.8, 4) is 11.4 Å². The van der Waals surface area contributed by atoms with E-state index in [2.05, 4.69) is 21.9 Å². The second-order valence-electron chi connectivity index (χ2n) is 5.89. The van der Waals surface area contributed by atoms with E-state index in [-0.39, 0.29) is 0 Å². The zero-order valence-electron chi connectivity index (χ0n) is 13.2. The van der Waals surface area contributed by atoms with Crippen LogP contribution in [-0.4, -0.2) is 41.8 Å². The lowest BCUT2D eigenvalue weighted by atomic mass is 10.0. The fourth-order valence-electron chi connectivity index (χ4n) is 2.81. The molecule has 1 aliphatic rings. The van der Waals surface area contributed by atoms with Crippen LogP contribution >= 0.6 is 0 Å². The maximum Gasteiger partial charge on any atom is 0.161 e. The summed E-state index contributed by atoms with van der Waals surface area (Å²) in [6.07, 6.45) is 5.92. The number of aromatic nitrogens is 3. The van der Waals surface area contributed by atoms with Gasteiger partial charge in [-0.05, 0) is 37.8 Å². The molecule has 0 amide bonds. The van der Waals surface area contributed by atoms with Crippen molar-refractivity contribution in [1.29, 1.82) is 0 Å². The van der Waals surface area contributed by atoms with Gasteiger partial charge >= 0.3 is 0 Å². The number of hydrogen-bond acceptors (Lipinski definition) is 5. The molecule has 0 aromatic carbocycles. The molecule has 0 unspecified atom stereocenters. The van der Waals surface area contributed by atoms with Gasteiger partial charge in [-0.2, -0.15) is 0 Å². The van der Waals surface area contributed by atoms with E-state index in [1.54, 1.807) is 12.4 Å². The lowest BCUT2D eigenvalue weighted by Crippen LogP contribution is -2.31. The minimum absolute atomic E-state index is 0.582. The topological polar surface area (TPSA) is 51.1 Å². The van der Waals surface area contributed by atoms with Gasteiger partial charge in [-0.15, -0.1) is 0 Å². The summed E-state index contributed by atoms with van der Waals surface area (Å²) in [4.78, 5) is 15.5. The summed E-state index contributed by atoms with van der Waals surface area (Å²) < 4.78 is 5.57. The van der Waals surface area contributed by atoms with Gasteiger partial charge in [0.25, 0.3) is 0 Å². The minimum Gasteiger partial charge on any atom is -0.381 e. The number of pyridine rings is 1. The van der Waals surface area contributed by atoms with E-state index in [9.17, 15) is 0 Å². The number of rotatable bonds is 4. The van der Waals surface area contributed by atoms with Gasteiger partial charge in [-0.3, -0.25) is 4.98 Å². The Balaban J connectivity index is 1.79. The van der Waals surface area contributed by atoms with E-state index < -0.39 is 0 Å². The van der Waals surface area contributed by atoms with E-state index in [1.165, 1.54) is 6.42 Å². The maximum atomic E-state index is 5.57. The lowest BCUT2D eigenvalue weighted by molar-refractivity contribution is 0.0576. The first-order chi connectivity index (χ1) is 10.7. The average molecular weight is 298 g/mol. The normalized spacial score (nSPS) is 18.2. The number of hydrogen-bond donors (Lipinski definition) is 0. The summed E-state index contributed by atoms with van der Waals surface area (Å²) in [5, 5.41) is 0. The van der Waals surface area contributed by atoms with Gasteiger partial charge in [0.15, 0.2) is 5.82 Å². The van der Waals surface area contributed by atoms with Crippen molar-refractivity contribution < 1.29 is 4.74 Å². The van der Waals surface area contributed by atoms with Crippen LogP contribution in [0.5, 0.6) is 0 Å². The summed E-state index contributed by atoms with van der Waals surface area (Å²) in [6, 6.07) is 5.91. The second kappa shape index (κ2) is 6.83. The molecule has 3 rings (SSSR count). The Morgan fingerprint density at radius 1 is 1.27 bits per heavy atom. The van der Waals surface area contributed by atoms with Gasteiger partial charge in [0.1, 0.15) is 5.82 Å². The molecule has 3 heterocycles. The van der Waals surface area contributed by atoms with Crippen LogP contribution < -0.4 is 4.90 Å². The maximum absolute atomic E-state index is 5.57. The molecule has 5 nitrogen and oxygen atoms in total. The van der Waals surface area contributed by atoms with Crippen molar-refractivity contribution in [3.63, 3.8) is 0 Å². The van der Waals surface area contributed by atoms with Crippen molar-refractivity contribution in [2.45, 2.75) is 19.8 Å². The highest BCUT2D eigenvalue weighted by molar-refractivity contribution is 5.57. The first-order valence-electron chi connectivity index (χ1n) is 7.77. The largest absolute Gasteiger partial charge is 0.381 e. The summed E-state index contributed by atoms with van der Waals surface area (Å²) in [7, 11) is 2.09. The van der Waals surface area contributed by atoms with Crippen molar-refractivity contribution >= 4 is 5.82 Å². The standard InChI is InChI=1S/C17H22N4O/c1-13-10-16(21(2)11-14-4-3-9-22-12-14)20-17(19-13)15-5-7-18-8-6-15/h5-8,10,14H,3-4,9,11-12H2,1-2H3/t14-/m0/s1. The van der Waals surface area contributed by atoms with Crippen LogP contribution in [0.25, 0.3) is 11.4 Å². The van der Waals surface area contributed by atoms with Gasteiger partial charge in [0.2, 0.25) is 0 Å². The summed E-state index contributed by atoms with van der Waals surface area (Å²) in [5.41, 5.74) is 1.97. The first kappa shape index (κ1) is 14.9. The molecule has 22 heavy (non-hydrogen) atoms. The van der Waals surface area contributed by atoms with Gasteiger partial charge in [0.05, 0.1) is 6.61 Å². The number of ether oxygens (including phenoxy) is 1. The monoisotopic (exact) mass is 298 g/mol. The Labute approximate surface area is 131 Å². The molecule has 0 N–H and O–H groups in total. The molecule has 0 saturated carbocycles.